The highest BCUT2D eigenvalue weighted by molar-refractivity contribution is 6.39. The van der Waals surface area contributed by atoms with Gasteiger partial charge in [-0.2, -0.15) is 13.2 Å². The lowest BCUT2D eigenvalue weighted by molar-refractivity contribution is -0.137. The predicted molar refractivity (Wildman–Crippen MR) is 146 cm³/mol. The minimum atomic E-state index is -4.63. The van der Waals surface area contributed by atoms with Crippen molar-refractivity contribution in [2.45, 2.75) is 26.1 Å². The van der Waals surface area contributed by atoms with Crippen molar-refractivity contribution in [1.82, 2.24) is 20.2 Å². The number of alkyl halides is 3. The third-order valence-corrected chi connectivity index (χ3v) is 6.37. The van der Waals surface area contributed by atoms with Crippen molar-refractivity contribution >= 4 is 41.1 Å². The Bertz CT molecular complexity index is 1510. The zero-order valence-corrected chi connectivity index (χ0v) is 22.6. The first-order valence-corrected chi connectivity index (χ1v) is 12.8. The van der Waals surface area contributed by atoms with Gasteiger partial charge in [0.05, 0.1) is 27.5 Å². The Hall–Kier alpha value is -4.02. The van der Waals surface area contributed by atoms with Crippen molar-refractivity contribution in [2.75, 3.05) is 6.54 Å². The van der Waals surface area contributed by atoms with E-state index in [-0.39, 0.29) is 32.8 Å². The number of imidazole rings is 1. The van der Waals surface area contributed by atoms with E-state index in [1.165, 1.54) is 18.2 Å². The Morgan fingerprint density at radius 1 is 1.07 bits per heavy atom. The molecule has 0 aliphatic rings. The molecule has 0 radical (unpaired) electrons. The Morgan fingerprint density at radius 3 is 2.40 bits per heavy atom. The number of furan rings is 1. The molecule has 0 bridgehead atoms. The molecule has 4 rings (SSSR count). The first-order valence-electron chi connectivity index (χ1n) is 12.0. The van der Waals surface area contributed by atoms with Crippen molar-refractivity contribution in [3.63, 3.8) is 0 Å². The van der Waals surface area contributed by atoms with Gasteiger partial charge in [-0.3, -0.25) is 9.59 Å². The van der Waals surface area contributed by atoms with Crippen molar-refractivity contribution in [1.29, 1.82) is 0 Å². The number of halogens is 5. The minimum Gasteiger partial charge on any atom is -0.457 e. The zero-order chi connectivity index (χ0) is 28.9. The van der Waals surface area contributed by atoms with Crippen LogP contribution in [0.15, 0.2) is 77.4 Å². The molecule has 2 N–H and O–H groups in total. The third-order valence-electron chi connectivity index (χ3n) is 5.77. The highest BCUT2D eigenvalue weighted by Gasteiger charge is 2.32. The van der Waals surface area contributed by atoms with Crippen LogP contribution in [0.3, 0.4) is 0 Å². The number of carbonyl (C=O) groups is 2. The van der Waals surface area contributed by atoms with Gasteiger partial charge < -0.3 is 19.6 Å². The van der Waals surface area contributed by atoms with Crippen LogP contribution in [0.4, 0.5) is 13.2 Å². The van der Waals surface area contributed by atoms with Gasteiger partial charge in [0.1, 0.15) is 17.2 Å². The van der Waals surface area contributed by atoms with Gasteiger partial charge in [0.15, 0.2) is 0 Å². The molecule has 0 saturated carbocycles. The van der Waals surface area contributed by atoms with Crippen LogP contribution in [0.2, 0.25) is 10.0 Å². The number of carbonyl (C=O) groups excluding carboxylic acids is 2. The molecule has 2 aromatic carbocycles. The molecular weight excluding hydrogens is 568 g/mol. The standard InChI is InChI=1S/C28H23Cl2F3N4O3/c1-17-3-5-18(6-4-17)26(38)36-23(27(39)35-9-2-11-37-12-10-34-16-37)15-20-7-8-24(40-20)25-21(29)13-19(14-22(25)30)28(31,32)33/h3-8,10,12-16H,2,9,11H2,1H3,(H,35,39)(H,36,38)/b23-15+. The minimum absolute atomic E-state index is 0.0603. The summed E-state index contributed by atoms with van der Waals surface area (Å²) in [5, 5.41) is 4.86. The molecule has 0 spiro atoms. The molecule has 40 heavy (non-hydrogen) atoms. The topological polar surface area (TPSA) is 89.2 Å². The summed E-state index contributed by atoms with van der Waals surface area (Å²) in [5.41, 5.74) is 0.271. The molecule has 2 aromatic heterocycles. The quantitative estimate of drug-likeness (QED) is 0.166. The molecule has 0 fully saturated rings. The fourth-order valence-corrected chi connectivity index (χ4v) is 4.39. The van der Waals surface area contributed by atoms with Crippen molar-refractivity contribution < 1.29 is 27.2 Å². The third kappa shape index (κ3) is 7.34. The lowest BCUT2D eigenvalue weighted by atomic mass is 10.1. The highest BCUT2D eigenvalue weighted by atomic mass is 35.5. The van der Waals surface area contributed by atoms with E-state index in [0.29, 0.717) is 25.1 Å². The van der Waals surface area contributed by atoms with Crippen LogP contribution in [0.25, 0.3) is 17.4 Å². The van der Waals surface area contributed by atoms with Gasteiger partial charge in [0.2, 0.25) is 0 Å². The van der Waals surface area contributed by atoms with Crippen LogP contribution in [-0.4, -0.2) is 27.9 Å². The second-order valence-electron chi connectivity index (χ2n) is 8.80. The molecule has 7 nitrogen and oxygen atoms in total. The Labute approximate surface area is 237 Å². The van der Waals surface area contributed by atoms with Gasteiger partial charge in [0, 0.05) is 37.1 Å². The summed E-state index contributed by atoms with van der Waals surface area (Å²) >= 11 is 12.2. The van der Waals surface area contributed by atoms with Crippen molar-refractivity contribution in [2.24, 2.45) is 0 Å². The van der Waals surface area contributed by atoms with E-state index in [2.05, 4.69) is 15.6 Å². The van der Waals surface area contributed by atoms with E-state index in [0.717, 1.165) is 17.7 Å². The van der Waals surface area contributed by atoms with E-state index >= 15 is 0 Å². The Morgan fingerprint density at radius 2 is 1.77 bits per heavy atom. The molecule has 0 unspecified atom stereocenters. The fourth-order valence-electron chi connectivity index (χ4n) is 3.71. The molecule has 4 aromatic rings. The lowest BCUT2D eigenvalue weighted by Gasteiger charge is -2.12. The van der Waals surface area contributed by atoms with Gasteiger partial charge in [-0.15, -0.1) is 0 Å². The summed E-state index contributed by atoms with van der Waals surface area (Å²) < 4.78 is 46.9. The normalized spacial score (nSPS) is 11.9. The van der Waals surface area contributed by atoms with Crippen LogP contribution in [0.5, 0.6) is 0 Å². The summed E-state index contributed by atoms with van der Waals surface area (Å²) in [5.74, 6) is -0.857. The first-order chi connectivity index (χ1) is 19.0. The number of nitrogens with one attached hydrogen (secondary N) is 2. The van der Waals surface area contributed by atoms with Gasteiger partial charge in [-0.05, 0) is 49.7 Å². The van der Waals surface area contributed by atoms with Gasteiger partial charge >= 0.3 is 6.18 Å². The predicted octanol–water partition coefficient (Wildman–Crippen LogP) is 6.75. The number of amides is 2. The Balaban J connectivity index is 1.57. The van der Waals surface area contributed by atoms with E-state index in [4.69, 9.17) is 27.6 Å². The number of hydrogen-bond acceptors (Lipinski definition) is 4. The highest BCUT2D eigenvalue weighted by Crippen LogP contribution is 2.41. The average molecular weight is 591 g/mol. The number of hydrogen-bond donors (Lipinski definition) is 2. The van der Waals surface area contributed by atoms with Gasteiger partial charge in [0.25, 0.3) is 11.8 Å². The first kappa shape index (κ1) is 29.0. The monoisotopic (exact) mass is 590 g/mol. The molecule has 0 aliphatic heterocycles. The smallest absolute Gasteiger partial charge is 0.416 e. The Kier molecular flexibility index (Phi) is 9.01. The zero-order valence-electron chi connectivity index (χ0n) is 21.1. The van der Waals surface area contributed by atoms with Gasteiger partial charge in [-0.25, -0.2) is 4.98 Å². The largest absolute Gasteiger partial charge is 0.457 e. The van der Waals surface area contributed by atoms with Crippen LogP contribution >= 0.6 is 23.2 Å². The van der Waals surface area contributed by atoms with Crippen LogP contribution < -0.4 is 10.6 Å². The molecule has 0 atom stereocenters. The van der Waals surface area contributed by atoms with Crippen LogP contribution in [-0.2, 0) is 17.5 Å². The maximum atomic E-state index is 13.1. The maximum Gasteiger partial charge on any atom is 0.416 e. The maximum absolute atomic E-state index is 13.1. The number of rotatable bonds is 9. The lowest BCUT2D eigenvalue weighted by Crippen LogP contribution is -2.35. The summed E-state index contributed by atoms with van der Waals surface area (Å²) in [6, 6.07) is 11.2. The number of benzene rings is 2. The van der Waals surface area contributed by atoms with Crippen LogP contribution in [0.1, 0.15) is 33.7 Å². The molecule has 2 amide bonds. The summed E-state index contributed by atoms with van der Waals surface area (Å²) in [6.45, 7) is 2.83. The van der Waals surface area contributed by atoms with E-state index in [1.807, 2.05) is 11.5 Å². The van der Waals surface area contributed by atoms with Crippen molar-refractivity contribution in [3.05, 3.63) is 105 Å². The molecule has 208 valence electrons. The van der Waals surface area contributed by atoms with E-state index < -0.39 is 23.6 Å². The fraction of sp³-hybridized carbons (Fsp3) is 0.179. The number of aromatic nitrogens is 2. The van der Waals surface area contributed by atoms with E-state index in [1.54, 1.807) is 43.0 Å². The van der Waals surface area contributed by atoms with Crippen LogP contribution in [0, 0.1) is 6.92 Å². The second-order valence-corrected chi connectivity index (χ2v) is 9.62. The average Bonchev–Trinajstić information content (AvgIpc) is 3.58. The number of nitrogens with zero attached hydrogens (tertiary/aromatic N) is 2. The molecule has 12 heteroatoms. The summed E-state index contributed by atoms with van der Waals surface area (Å²) in [7, 11) is 0. The second kappa shape index (κ2) is 12.4. The summed E-state index contributed by atoms with van der Waals surface area (Å²) in [6.07, 6.45) is 2.42. The van der Waals surface area contributed by atoms with Crippen molar-refractivity contribution in [3.8, 4) is 11.3 Å². The van der Waals surface area contributed by atoms with Gasteiger partial charge in [-0.1, -0.05) is 40.9 Å². The molecule has 0 aliphatic carbocycles. The molecular formula is C28H23Cl2F3N4O3. The SMILES string of the molecule is Cc1ccc(C(=O)N/C(=C/c2ccc(-c3c(Cl)cc(C(F)(F)F)cc3Cl)o2)C(=O)NCCCn2ccnc2)cc1. The number of aryl methyl sites for hydroxylation is 2. The molecule has 2 heterocycles. The molecule has 0 saturated heterocycles. The summed E-state index contributed by atoms with van der Waals surface area (Å²) in [4.78, 5) is 29.9. The van der Waals surface area contributed by atoms with E-state index in [9.17, 15) is 22.8 Å².